The van der Waals surface area contributed by atoms with E-state index in [1.807, 2.05) is 12.1 Å². The second kappa shape index (κ2) is 16.0. The molecule has 2 heterocycles. The molecule has 2 aromatic heterocycles. The number of anilines is 3. The van der Waals surface area contributed by atoms with Crippen LogP contribution in [-0.4, -0.2) is 4.57 Å². The Hall–Kier alpha value is -8.92. The van der Waals surface area contributed by atoms with Crippen molar-refractivity contribution < 1.29 is 4.42 Å². The SMILES string of the molecule is c1ccc(-c2ccc(-c3ccc4ccccc4c3)cc2N(c2ccc(-c3cccc(-n4c5ccccc5c5ccccc54)c3)cc2)c2ccc(-c3cccc4c3oc3ccccc34)cc2)cc1. The van der Waals surface area contributed by atoms with E-state index in [2.05, 4.69) is 252 Å². The lowest BCUT2D eigenvalue weighted by Crippen LogP contribution is -2.11. The fourth-order valence-electron chi connectivity index (χ4n) is 10.1. The zero-order chi connectivity index (χ0) is 44.3. The Balaban J connectivity index is 0.958. The van der Waals surface area contributed by atoms with Gasteiger partial charge in [0, 0.05) is 49.7 Å². The van der Waals surface area contributed by atoms with Crippen molar-refractivity contribution in [3.8, 4) is 50.2 Å². The third-order valence-corrected chi connectivity index (χ3v) is 13.4. The summed E-state index contributed by atoms with van der Waals surface area (Å²) in [7, 11) is 0. The molecule has 0 aliphatic heterocycles. The van der Waals surface area contributed by atoms with Crippen LogP contribution in [-0.2, 0) is 0 Å². The molecule has 13 aromatic rings. The third-order valence-electron chi connectivity index (χ3n) is 13.4. The van der Waals surface area contributed by atoms with Crippen LogP contribution in [0.15, 0.2) is 259 Å². The summed E-state index contributed by atoms with van der Waals surface area (Å²) < 4.78 is 8.89. The van der Waals surface area contributed by atoms with Gasteiger partial charge in [0.05, 0.1) is 16.7 Å². The average molecular weight is 855 g/mol. The minimum absolute atomic E-state index is 0.898. The van der Waals surface area contributed by atoms with Gasteiger partial charge in [-0.2, -0.15) is 0 Å². The number of hydrogen-bond donors (Lipinski definition) is 0. The van der Waals surface area contributed by atoms with Gasteiger partial charge in [0.2, 0.25) is 0 Å². The van der Waals surface area contributed by atoms with Crippen LogP contribution in [0.4, 0.5) is 17.1 Å². The summed E-state index contributed by atoms with van der Waals surface area (Å²) in [5, 5.41) is 7.21. The first-order chi connectivity index (χ1) is 33.2. The van der Waals surface area contributed by atoms with E-state index in [9.17, 15) is 0 Å². The smallest absolute Gasteiger partial charge is 0.143 e. The van der Waals surface area contributed by atoms with Gasteiger partial charge >= 0.3 is 0 Å². The van der Waals surface area contributed by atoms with Gasteiger partial charge in [0.25, 0.3) is 0 Å². The molecule has 0 N–H and O–H groups in total. The molecule has 0 radical (unpaired) electrons. The summed E-state index contributed by atoms with van der Waals surface area (Å²) in [5.41, 5.74) is 17.6. The summed E-state index contributed by atoms with van der Waals surface area (Å²) in [5.74, 6) is 0. The molecule has 0 atom stereocenters. The topological polar surface area (TPSA) is 21.3 Å². The Kier molecular flexibility index (Phi) is 9.17. The zero-order valence-electron chi connectivity index (χ0n) is 36.6. The Bertz CT molecular complexity index is 3920. The predicted octanol–water partition coefficient (Wildman–Crippen LogP) is 18.0. The number of para-hydroxylation sites is 4. The number of aromatic nitrogens is 1. The Labute approximate surface area is 388 Å². The van der Waals surface area contributed by atoms with E-state index in [-0.39, 0.29) is 0 Å². The van der Waals surface area contributed by atoms with Crippen molar-refractivity contribution in [1.29, 1.82) is 0 Å². The highest BCUT2D eigenvalue weighted by Gasteiger charge is 2.21. The van der Waals surface area contributed by atoms with Crippen molar-refractivity contribution >= 4 is 71.6 Å². The van der Waals surface area contributed by atoms with Crippen LogP contribution in [0.25, 0.3) is 105 Å². The maximum atomic E-state index is 6.50. The molecule has 314 valence electrons. The molecule has 0 aliphatic rings. The molecular formula is C64H42N2O. The average Bonchev–Trinajstić information content (AvgIpc) is 3.96. The van der Waals surface area contributed by atoms with Crippen molar-refractivity contribution in [1.82, 2.24) is 4.57 Å². The summed E-state index contributed by atoms with van der Waals surface area (Å²) in [6.07, 6.45) is 0. The summed E-state index contributed by atoms with van der Waals surface area (Å²) in [6, 6.07) is 92.0. The number of nitrogens with zero attached hydrogens (tertiary/aromatic N) is 2. The highest BCUT2D eigenvalue weighted by Crippen LogP contribution is 2.45. The van der Waals surface area contributed by atoms with Crippen LogP contribution < -0.4 is 4.90 Å². The molecule has 0 unspecified atom stereocenters. The first kappa shape index (κ1) is 38.5. The Morgan fingerprint density at radius 1 is 0.313 bits per heavy atom. The third kappa shape index (κ3) is 6.67. The van der Waals surface area contributed by atoms with Crippen LogP contribution in [0.2, 0.25) is 0 Å². The van der Waals surface area contributed by atoms with Crippen LogP contribution in [0.3, 0.4) is 0 Å². The molecule has 67 heavy (non-hydrogen) atoms. The number of fused-ring (bicyclic) bond motifs is 7. The number of benzene rings is 11. The van der Waals surface area contributed by atoms with E-state index in [1.54, 1.807) is 0 Å². The minimum Gasteiger partial charge on any atom is -0.455 e. The zero-order valence-corrected chi connectivity index (χ0v) is 36.6. The van der Waals surface area contributed by atoms with Crippen molar-refractivity contribution in [3.05, 3.63) is 255 Å². The van der Waals surface area contributed by atoms with Gasteiger partial charge in [-0.1, -0.05) is 188 Å². The molecule has 0 aliphatic carbocycles. The monoisotopic (exact) mass is 854 g/mol. The van der Waals surface area contributed by atoms with Gasteiger partial charge < -0.3 is 13.9 Å². The van der Waals surface area contributed by atoms with E-state index < -0.39 is 0 Å². The quantitative estimate of drug-likeness (QED) is 0.152. The molecule has 3 heteroatoms. The molecule has 3 nitrogen and oxygen atoms in total. The molecule has 0 spiro atoms. The van der Waals surface area contributed by atoms with Crippen molar-refractivity contribution in [2.75, 3.05) is 4.90 Å². The molecule has 0 amide bonds. The fraction of sp³-hybridized carbons (Fsp3) is 0. The molecule has 13 rings (SSSR count). The van der Waals surface area contributed by atoms with E-state index in [4.69, 9.17) is 4.42 Å². The predicted molar refractivity (Wildman–Crippen MR) is 282 cm³/mol. The Morgan fingerprint density at radius 3 is 1.61 bits per heavy atom. The summed E-state index contributed by atoms with van der Waals surface area (Å²) in [4.78, 5) is 2.41. The van der Waals surface area contributed by atoms with E-state index >= 15 is 0 Å². The second-order valence-electron chi connectivity index (χ2n) is 17.3. The molecule has 0 bridgehead atoms. The van der Waals surface area contributed by atoms with Gasteiger partial charge in [-0.15, -0.1) is 0 Å². The van der Waals surface area contributed by atoms with Crippen molar-refractivity contribution in [2.45, 2.75) is 0 Å². The Morgan fingerprint density at radius 2 is 0.851 bits per heavy atom. The highest BCUT2D eigenvalue weighted by atomic mass is 16.3. The highest BCUT2D eigenvalue weighted by molar-refractivity contribution is 6.10. The number of hydrogen-bond acceptors (Lipinski definition) is 2. The van der Waals surface area contributed by atoms with Crippen molar-refractivity contribution in [3.63, 3.8) is 0 Å². The molecule has 0 saturated heterocycles. The van der Waals surface area contributed by atoms with Gasteiger partial charge in [0.15, 0.2) is 0 Å². The minimum atomic E-state index is 0.898. The lowest BCUT2D eigenvalue weighted by Gasteiger charge is -2.29. The molecule has 0 fully saturated rings. The first-order valence-corrected chi connectivity index (χ1v) is 22.9. The van der Waals surface area contributed by atoms with Gasteiger partial charge in [-0.05, 0) is 111 Å². The van der Waals surface area contributed by atoms with E-state index in [1.165, 1.54) is 38.1 Å². The molecule has 0 saturated carbocycles. The van der Waals surface area contributed by atoms with Crippen LogP contribution in [0, 0.1) is 0 Å². The second-order valence-corrected chi connectivity index (χ2v) is 17.3. The van der Waals surface area contributed by atoms with Gasteiger partial charge in [-0.25, -0.2) is 0 Å². The lowest BCUT2D eigenvalue weighted by molar-refractivity contribution is 0.670. The first-order valence-electron chi connectivity index (χ1n) is 22.9. The number of rotatable bonds is 8. The summed E-state index contributed by atoms with van der Waals surface area (Å²) >= 11 is 0. The summed E-state index contributed by atoms with van der Waals surface area (Å²) in [6.45, 7) is 0. The maximum Gasteiger partial charge on any atom is 0.143 e. The number of furan rings is 1. The van der Waals surface area contributed by atoms with Crippen molar-refractivity contribution in [2.24, 2.45) is 0 Å². The van der Waals surface area contributed by atoms with Gasteiger partial charge in [-0.3, -0.25) is 0 Å². The standard InChI is InChI=1S/C64H42N2O/c1-2-15-45(16-3-1)54-39-34-50(49-29-28-43-14-4-5-17-47(43)40-49)42-62(54)65(52-37-32-46(33-38-52)55-23-13-24-59-58-22-8-11-27-63(58)67-64(55)59)51-35-30-44(31-36-51)48-18-12-19-53(41-48)66-60-25-9-6-20-56(60)57-21-7-10-26-61(57)66/h1-42H. The van der Waals surface area contributed by atoms with Crippen LogP contribution >= 0.6 is 0 Å². The largest absolute Gasteiger partial charge is 0.455 e. The van der Waals surface area contributed by atoms with Crippen LogP contribution in [0.1, 0.15) is 0 Å². The normalized spacial score (nSPS) is 11.6. The lowest BCUT2D eigenvalue weighted by atomic mass is 9.95. The maximum absolute atomic E-state index is 6.50. The van der Waals surface area contributed by atoms with Gasteiger partial charge in [0.1, 0.15) is 11.2 Å². The molecular weight excluding hydrogens is 813 g/mol. The fourth-order valence-corrected chi connectivity index (χ4v) is 10.1. The van der Waals surface area contributed by atoms with Crippen LogP contribution in [0.5, 0.6) is 0 Å². The van der Waals surface area contributed by atoms with E-state index in [0.717, 1.165) is 83.6 Å². The van der Waals surface area contributed by atoms with E-state index in [0.29, 0.717) is 0 Å². The molecule has 11 aromatic carbocycles.